The lowest BCUT2D eigenvalue weighted by Crippen LogP contribution is -2.44. The maximum atomic E-state index is 12.6. The van der Waals surface area contributed by atoms with E-state index in [9.17, 15) is 9.59 Å². The van der Waals surface area contributed by atoms with Crippen molar-refractivity contribution < 1.29 is 9.59 Å². The van der Waals surface area contributed by atoms with Gasteiger partial charge in [0.25, 0.3) is 0 Å². The fraction of sp³-hybridized carbons (Fsp3) is 0.529. The molecule has 0 fully saturated rings. The third-order valence-corrected chi connectivity index (χ3v) is 4.22. The number of anilines is 1. The van der Waals surface area contributed by atoms with Crippen LogP contribution in [0.2, 0.25) is 0 Å². The van der Waals surface area contributed by atoms with Gasteiger partial charge in [0.15, 0.2) is 0 Å². The van der Waals surface area contributed by atoms with Gasteiger partial charge < -0.3 is 10.2 Å². The molecule has 1 heterocycles. The summed E-state index contributed by atoms with van der Waals surface area (Å²) in [6.07, 6.45) is 0.876. The minimum Gasteiger partial charge on any atom is -0.352 e. The van der Waals surface area contributed by atoms with Crippen LogP contribution in [0.25, 0.3) is 0 Å². The van der Waals surface area contributed by atoms with Crippen LogP contribution in [0.3, 0.4) is 0 Å². The molecule has 0 spiro atoms. The smallest absolute Gasteiger partial charge is 0.240 e. The van der Waals surface area contributed by atoms with Crippen molar-refractivity contribution in [3.8, 4) is 0 Å². The van der Waals surface area contributed by atoms with E-state index in [0.29, 0.717) is 0 Å². The molecule has 4 nitrogen and oxygen atoms in total. The number of hydrogen-bond acceptors (Lipinski definition) is 2. The predicted octanol–water partition coefficient (Wildman–Crippen LogP) is 2.53. The van der Waals surface area contributed by atoms with Crippen molar-refractivity contribution in [2.75, 3.05) is 11.4 Å². The monoisotopic (exact) mass is 288 g/mol. The summed E-state index contributed by atoms with van der Waals surface area (Å²) in [5.41, 5.74) is 2.41. The van der Waals surface area contributed by atoms with Gasteiger partial charge in [-0.25, -0.2) is 0 Å². The van der Waals surface area contributed by atoms with Crippen LogP contribution in [0.5, 0.6) is 0 Å². The molecule has 0 radical (unpaired) electrons. The van der Waals surface area contributed by atoms with Crippen molar-refractivity contribution in [2.24, 2.45) is 0 Å². The van der Waals surface area contributed by atoms with Gasteiger partial charge in [-0.3, -0.25) is 9.59 Å². The Balaban J connectivity index is 2.26. The maximum absolute atomic E-state index is 12.6. The number of rotatable bonds is 4. The Morgan fingerprint density at radius 2 is 2.05 bits per heavy atom. The Hall–Kier alpha value is -1.84. The first-order chi connectivity index (χ1) is 9.77. The number of amides is 2. The number of benzene rings is 1. The number of hydrogen-bond donors (Lipinski definition) is 1. The average Bonchev–Trinajstić information content (AvgIpc) is 2.60. The van der Waals surface area contributed by atoms with Crippen molar-refractivity contribution in [3.63, 3.8) is 0 Å². The van der Waals surface area contributed by atoms with Gasteiger partial charge >= 0.3 is 0 Å². The van der Waals surface area contributed by atoms with Crippen LogP contribution < -0.4 is 10.2 Å². The second-order valence-corrected chi connectivity index (χ2v) is 6.41. The molecule has 1 N–H and O–H groups in total. The van der Waals surface area contributed by atoms with Crippen LogP contribution in [-0.4, -0.2) is 24.4 Å². The first-order valence-electron chi connectivity index (χ1n) is 7.49. The quantitative estimate of drug-likeness (QED) is 0.925. The van der Waals surface area contributed by atoms with E-state index in [4.69, 9.17) is 0 Å². The van der Waals surface area contributed by atoms with Crippen molar-refractivity contribution in [2.45, 2.75) is 52.5 Å². The highest BCUT2D eigenvalue weighted by Gasteiger charge is 2.44. The Morgan fingerprint density at radius 1 is 1.38 bits per heavy atom. The summed E-state index contributed by atoms with van der Waals surface area (Å²) in [4.78, 5) is 26.3. The minimum atomic E-state index is -0.571. The van der Waals surface area contributed by atoms with Crippen LogP contribution in [0.1, 0.15) is 45.2 Å². The van der Waals surface area contributed by atoms with E-state index in [0.717, 1.165) is 23.2 Å². The lowest BCUT2D eigenvalue weighted by atomic mass is 9.85. The summed E-state index contributed by atoms with van der Waals surface area (Å²) in [6, 6.07) is 6.08. The molecule has 2 rings (SSSR count). The van der Waals surface area contributed by atoms with E-state index >= 15 is 0 Å². The second kappa shape index (κ2) is 5.51. The molecule has 0 aromatic heterocycles. The van der Waals surface area contributed by atoms with E-state index in [-0.39, 0.29) is 24.4 Å². The molecule has 0 saturated carbocycles. The number of fused-ring (bicyclic) bond motifs is 1. The average molecular weight is 288 g/mol. The lowest BCUT2D eigenvalue weighted by Gasteiger charge is -2.21. The summed E-state index contributed by atoms with van der Waals surface area (Å²) in [5.74, 6) is -0.121. The third-order valence-electron chi connectivity index (χ3n) is 4.22. The molecule has 21 heavy (non-hydrogen) atoms. The summed E-state index contributed by atoms with van der Waals surface area (Å²) < 4.78 is 0. The van der Waals surface area contributed by atoms with Crippen molar-refractivity contribution in [1.29, 1.82) is 0 Å². The van der Waals surface area contributed by atoms with E-state index in [1.165, 1.54) is 0 Å². The number of aryl methyl sites for hydroxylation is 1. The van der Waals surface area contributed by atoms with Crippen molar-refractivity contribution >= 4 is 17.5 Å². The third kappa shape index (κ3) is 2.80. The van der Waals surface area contributed by atoms with Gasteiger partial charge in [0.2, 0.25) is 11.8 Å². The molecular formula is C17H24N2O2. The molecule has 1 atom stereocenters. The number of nitrogens with one attached hydrogen (secondary N) is 1. The molecular weight excluding hydrogens is 264 g/mol. The summed E-state index contributed by atoms with van der Waals surface area (Å²) in [5, 5.41) is 2.91. The number of carbonyl (C=O) groups is 2. The Kier molecular flexibility index (Phi) is 4.08. The first-order valence-corrected chi connectivity index (χ1v) is 7.49. The van der Waals surface area contributed by atoms with Crippen molar-refractivity contribution in [1.82, 2.24) is 5.32 Å². The first kappa shape index (κ1) is 15.5. The van der Waals surface area contributed by atoms with Gasteiger partial charge in [-0.1, -0.05) is 24.6 Å². The van der Waals surface area contributed by atoms with Gasteiger partial charge in [0, 0.05) is 11.7 Å². The Bertz CT molecular complexity index is 578. The lowest BCUT2D eigenvalue weighted by molar-refractivity contribution is -0.125. The predicted molar refractivity (Wildman–Crippen MR) is 84.5 cm³/mol. The highest BCUT2D eigenvalue weighted by Crippen LogP contribution is 2.41. The van der Waals surface area contributed by atoms with Crippen LogP contribution in [0, 0.1) is 6.92 Å². The Morgan fingerprint density at radius 3 is 2.67 bits per heavy atom. The SMILES string of the molecule is CCC(C)NC(=O)CN1C(=O)C(C)(C)c2cc(C)ccc21. The molecule has 1 aromatic carbocycles. The molecule has 114 valence electrons. The highest BCUT2D eigenvalue weighted by atomic mass is 16.2. The summed E-state index contributed by atoms with van der Waals surface area (Å²) >= 11 is 0. The number of nitrogens with zero attached hydrogens (tertiary/aromatic N) is 1. The standard InChI is InChI=1S/C17H24N2O2/c1-6-12(3)18-15(20)10-19-14-8-7-11(2)9-13(14)17(4,5)16(19)21/h7-9,12H,6,10H2,1-5H3,(H,18,20). The summed E-state index contributed by atoms with van der Waals surface area (Å²) in [6.45, 7) is 9.92. The van der Waals surface area contributed by atoms with Crippen LogP contribution in [-0.2, 0) is 15.0 Å². The molecule has 2 amide bonds. The molecule has 1 unspecified atom stereocenters. The van der Waals surface area contributed by atoms with E-state index in [1.54, 1.807) is 4.90 Å². The molecule has 0 bridgehead atoms. The van der Waals surface area contributed by atoms with E-state index in [1.807, 2.05) is 52.8 Å². The zero-order valence-corrected chi connectivity index (χ0v) is 13.5. The minimum absolute atomic E-state index is 0.0117. The maximum Gasteiger partial charge on any atom is 0.240 e. The second-order valence-electron chi connectivity index (χ2n) is 6.41. The molecule has 4 heteroatoms. The molecule has 1 aromatic rings. The largest absolute Gasteiger partial charge is 0.352 e. The normalized spacial score (nSPS) is 17.6. The molecule has 0 saturated heterocycles. The van der Waals surface area contributed by atoms with Gasteiger partial charge in [0.1, 0.15) is 6.54 Å². The molecule has 1 aliphatic rings. The fourth-order valence-corrected chi connectivity index (χ4v) is 2.67. The van der Waals surface area contributed by atoms with Crippen LogP contribution in [0.4, 0.5) is 5.69 Å². The van der Waals surface area contributed by atoms with E-state index in [2.05, 4.69) is 5.32 Å². The number of carbonyl (C=O) groups excluding carboxylic acids is 2. The van der Waals surface area contributed by atoms with E-state index < -0.39 is 5.41 Å². The van der Waals surface area contributed by atoms with Crippen molar-refractivity contribution in [3.05, 3.63) is 29.3 Å². The molecule has 1 aliphatic heterocycles. The topological polar surface area (TPSA) is 49.4 Å². The van der Waals surface area contributed by atoms with Crippen LogP contribution >= 0.6 is 0 Å². The van der Waals surface area contributed by atoms with Crippen LogP contribution in [0.15, 0.2) is 18.2 Å². The van der Waals surface area contributed by atoms with Gasteiger partial charge in [0.05, 0.1) is 5.41 Å². The Labute approximate surface area is 126 Å². The summed E-state index contributed by atoms with van der Waals surface area (Å²) in [7, 11) is 0. The highest BCUT2D eigenvalue weighted by molar-refractivity contribution is 6.10. The molecule has 0 aliphatic carbocycles. The fourth-order valence-electron chi connectivity index (χ4n) is 2.67. The zero-order chi connectivity index (χ0) is 15.8. The zero-order valence-electron chi connectivity index (χ0n) is 13.5. The van der Waals surface area contributed by atoms with Gasteiger partial charge in [-0.2, -0.15) is 0 Å². The van der Waals surface area contributed by atoms with Gasteiger partial charge in [-0.15, -0.1) is 0 Å². The van der Waals surface area contributed by atoms with Gasteiger partial charge in [-0.05, 0) is 45.7 Å².